The van der Waals surface area contributed by atoms with Gasteiger partial charge in [-0.2, -0.15) is 15.0 Å². The molecule has 3 aromatic carbocycles. The van der Waals surface area contributed by atoms with E-state index in [0.717, 1.165) is 52.6 Å². The third kappa shape index (κ3) is 15.6. The van der Waals surface area contributed by atoms with Crippen LogP contribution in [0.15, 0.2) is 135 Å². The molecule has 3 fully saturated rings. The van der Waals surface area contributed by atoms with Gasteiger partial charge in [0.05, 0.1) is 124 Å². The molecule has 3 atom stereocenters. The number of thioether (sulfide) groups is 1. The van der Waals surface area contributed by atoms with Gasteiger partial charge in [-0.25, -0.2) is 77.8 Å². The molecular formula is C90H80Cl3F6N19O12S2. The van der Waals surface area contributed by atoms with Crippen LogP contribution < -0.4 is 37.1 Å². The van der Waals surface area contributed by atoms with Gasteiger partial charge in [0.2, 0.25) is 23.6 Å². The molecule has 3 saturated heterocycles. The smallest absolute Gasteiger partial charge is 0.355 e. The molecule has 4 N–H and O–H groups in total. The number of pyridine rings is 6. The van der Waals surface area contributed by atoms with Crippen LogP contribution in [-0.4, -0.2) is 209 Å². The number of rotatable bonds is 12. The second kappa shape index (κ2) is 35.4. The van der Waals surface area contributed by atoms with Crippen molar-refractivity contribution in [1.29, 1.82) is 0 Å². The minimum Gasteiger partial charge on any atom is -0.507 e. The number of aromatic hydroxyl groups is 3. The molecule has 6 aliphatic rings. The van der Waals surface area contributed by atoms with Crippen molar-refractivity contribution < 1.29 is 69.3 Å². The Morgan fingerprint density at radius 1 is 0.477 bits per heavy atom. The number of nitrogens with one attached hydrogen (secondary N) is 1. The van der Waals surface area contributed by atoms with Crippen molar-refractivity contribution in [1.82, 2.24) is 73.3 Å². The highest BCUT2D eigenvalue weighted by atomic mass is 35.5. The fourth-order valence-electron chi connectivity index (χ4n) is 17.5. The number of piperazine rings is 3. The largest absolute Gasteiger partial charge is 0.507 e. The van der Waals surface area contributed by atoms with Crippen molar-refractivity contribution in [2.45, 2.75) is 108 Å². The minimum absolute atomic E-state index is 0.0172. The highest BCUT2D eigenvalue weighted by Crippen LogP contribution is 2.52. The lowest BCUT2D eigenvalue weighted by Crippen LogP contribution is -2.58. The van der Waals surface area contributed by atoms with Crippen molar-refractivity contribution in [2.24, 2.45) is 0 Å². The number of benzene rings is 3. The second-order valence-corrected chi connectivity index (χ2v) is 37.0. The number of nitrogens with zero attached hydrogens (tertiary/aromatic N) is 18. The van der Waals surface area contributed by atoms with E-state index in [1.54, 1.807) is 65.3 Å². The monoisotopic (exact) mass is 1900 g/mol. The van der Waals surface area contributed by atoms with Crippen molar-refractivity contribution in [3.8, 4) is 68.1 Å². The maximum Gasteiger partial charge on any atom is 0.355 e. The van der Waals surface area contributed by atoms with Gasteiger partial charge < -0.3 is 50.0 Å². The molecule has 0 radical (unpaired) electrons. The number of hydrogen-bond acceptors (Lipinski definition) is 25. The summed E-state index contributed by atoms with van der Waals surface area (Å²) in [6.07, 6.45) is 8.37. The Kier molecular flexibility index (Phi) is 24.6. The summed E-state index contributed by atoms with van der Waals surface area (Å²) in [6.45, 7) is 29.0. The summed E-state index contributed by atoms with van der Waals surface area (Å²) < 4.78 is 122. The molecule has 132 heavy (non-hydrogen) atoms. The van der Waals surface area contributed by atoms with Crippen molar-refractivity contribution >= 4 is 136 Å². The van der Waals surface area contributed by atoms with E-state index in [0.29, 0.717) is 87.1 Å². The Balaban J connectivity index is 0.000000144. The Morgan fingerprint density at radius 2 is 0.833 bits per heavy atom. The fourth-order valence-corrected chi connectivity index (χ4v) is 21.8. The number of fused-ring (bicyclic) bond motifs is 6. The number of aromatic nitrogens is 12. The van der Waals surface area contributed by atoms with Gasteiger partial charge in [-0.05, 0) is 128 Å². The van der Waals surface area contributed by atoms with E-state index in [1.165, 1.54) is 36.8 Å². The van der Waals surface area contributed by atoms with Crippen LogP contribution in [0.4, 0.5) is 49.5 Å². The summed E-state index contributed by atoms with van der Waals surface area (Å²) >= 11 is 21.9. The number of carbonyl (C=O) groups excluding carboxylic acids is 4. The zero-order valence-corrected chi connectivity index (χ0v) is 75.7. The summed E-state index contributed by atoms with van der Waals surface area (Å²) in [4.78, 5) is 144. The Labute approximate surface area is 767 Å². The third-order valence-electron chi connectivity index (χ3n) is 23.8. The molecule has 3 unspecified atom stereocenters. The SMILES string of the molecule is C=CC(=O)N1CCN2c3nc(=O)n(-c4c(C)ccnc4C(C)C)c4nc(-c5c(O)ccc(F)c5F)c(Cl)c(c34)NC(=O)C2C1.C=CC(=O)N1CCN2c3nc(=O)n(-c4c(C)ccnc4C(C)C)c4nc(-c5c(O)ccc(F)c5F)c(Cl)c(c34)S(=O)(=O)CC2C1.C=CC(=O)N1CCN2c3nc(=O)n(-c4c(C)ccnc4C(C)C)c4nc(-c5c(O)ccc(F)c5F)c(Cl)c(c34)SCC2C1. The first-order chi connectivity index (χ1) is 62.7. The maximum atomic E-state index is 15.3. The third-order valence-corrected chi connectivity index (χ3v) is 28.2. The van der Waals surface area contributed by atoms with E-state index in [4.69, 9.17) is 39.8 Å². The highest BCUT2D eigenvalue weighted by molar-refractivity contribution is 7.99. The van der Waals surface area contributed by atoms with E-state index >= 15 is 13.2 Å². The minimum atomic E-state index is -4.40. The Hall–Kier alpha value is -13.4. The molecule has 682 valence electrons. The molecule has 31 nitrogen and oxygen atoms in total. The molecule has 15 heterocycles. The summed E-state index contributed by atoms with van der Waals surface area (Å²) in [5.74, 6) is -11.8. The van der Waals surface area contributed by atoms with Crippen LogP contribution in [0.5, 0.6) is 17.2 Å². The number of aryl methyl sites for hydroxylation is 3. The first-order valence-corrected chi connectivity index (χ1v) is 45.1. The molecule has 0 spiro atoms. The lowest BCUT2D eigenvalue weighted by atomic mass is 10.0. The normalized spacial score (nSPS) is 16.6. The standard InChI is InChI=1S/C30H26ClF2N7O4.C30H27ClF2N6O5S.C30H27ClF2N6O3S/c1-5-18(42)38-10-11-39-16(12-38)29(43)36-25-20-27(39)37-30(44)40(26-14(4)8-9-34-23(26)13(2)3)28(20)35-24(21(25)31)19-17(41)7-6-15(32)22(19)33;1-5-19(41)37-10-11-38-16(12-37)13-45(43,44)27-21-28(38)36-30(42)39(26-15(4)8-9-34-24(26)14(2)3)29(21)35-25(22(27)31)20-18(40)7-6-17(32)23(20)33;1-5-19(41)37-10-11-38-16(12-37)13-43-27-21-28(38)36-30(42)39(26-15(4)8-9-34-24(26)14(2)3)29(21)35-25(22(27)31)20-18(40)7-6-17(32)23(20)33/h5-9,13,16,41H,1,10-12H2,2-4H3,(H,36,43);5-9,14,16,40H,1,10-13H2,2-4H3;5-9,14,16,40H,1,10-13H2,2-4H3. The van der Waals surface area contributed by atoms with Crippen LogP contribution in [0.1, 0.15) is 93.1 Å². The number of sulfone groups is 1. The summed E-state index contributed by atoms with van der Waals surface area (Å²) in [5.41, 5.74) is -0.997. The van der Waals surface area contributed by atoms with Gasteiger partial charge in [0, 0.05) is 81.6 Å². The molecule has 18 rings (SSSR count). The molecular weight excluding hydrogens is 1820 g/mol. The summed E-state index contributed by atoms with van der Waals surface area (Å²) in [5, 5.41) is 34.3. The Morgan fingerprint density at radius 3 is 1.25 bits per heavy atom. The highest BCUT2D eigenvalue weighted by Gasteiger charge is 2.46. The quantitative estimate of drug-likeness (QED) is 0.0652. The predicted molar refractivity (Wildman–Crippen MR) is 486 cm³/mol. The topological polar surface area (TPSA) is 377 Å². The summed E-state index contributed by atoms with van der Waals surface area (Å²) in [7, 11) is -4.40. The molecule has 4 amide bonds. The Bertz CT molecular complexity index is 7360. The first kappa shape index (κ1) is 91.9. The zero-order chi connectivity index (χ0) is 94.9. The van der Waals surface area contributed by atoms with Crippen molar-refractivity contribution in [3.05, 3.63) is 226 Å². The van der Waals surface area contributed by atoms with Crippen LogP contribution in [0, 0.1) is 55.7 Å². The van der Waals surface area contributed by atoms with E-state index in [1.807, 2.05) is 53.4 Å². The average Bonchev–Trinajstić information content (AvgIpc) is 1.76. The lowest BCUT2D eigenvalue weighted by Gasteiger charge is -2.41. The average molecular weight is 1900 g/mol. The van der Waals surface area contributed by atoms with Gasteiger partial charge >= 0.3 is 17.1 Å². The molecule has 12 aromatic rings. The molecule has 6 aliphatic heterocycles. The molecule has 42 heteroatoms. The number of phenolic OH excluding ortho intramolecular Hbond substituents is 3. The number of phenols is 3. The number of hydrogen-bond donors (Lipinski definition) is 4. The zero-order valence-electron chi connectivity index (χ0n) is 71.8. The van der Waals surface area contributed by atoms with Gasteiger partial charge in [0.15, 0.2) is 61.7 Å². The van der Waals surface area contributed by atoms with E-state index in [2.05, 4.69) is 64.9 Å². The second-order valence-electron chi connectivity index (χ2n) is 32.9. The number of amides is 4. The van der Waals surface area contributed by atoms with Crippen LogP contribution in [0.3, 0.4) is 0 Å². The number of halogens is 9. The molecule has 9 aromatic heterocycles. The predicted octanol–water partition coefficient (Wildman–Crippen LogP) is 13.2. The molecule has 0 saturated carbocycles. The number of anilines is 4. The van der Waals surface area contributed by atoms with Gasteiger partial charge in [-0.1, -0.05) is 96.1 Å². The van der Waals surface area contributed by atoms with E-state index < -0.39 is 147 Å². The van der Waals surface area contributed by atoms with Crippen LogP contribution in [0.2, 0.25) is 15.1 Å². The fraction of sp³-hybridized carbons (Fsp3) is 0.289. The lowest BCUT2D eigenvalue weighted by molar-refractivity contribution is -0.128. The van der Waals surface area contributed by atoms with Crippen LogP contribution >= 0.6 is 46.6 Å². The van der Waals surface area contributed by atoms with Gasteiger partial charge in [0.25, 0.3) is 0 Å². The first-order valence-electron chi connectivity index (χ1n) is 41.3. The van der Waals surface area contributed by atoms with Gasteiger partial charge in [-0.3, -0.25) is 34.1 Å². The maximum absolute atomic E-state index is 15.3. The summed E-state index contributed by atoms with van der Waals surface area (Å²) in [6, 6.07) is 8.17. The number of carbonyl (C=O) groups is 4. The van der Waals surface area contributed by atoms with Crippen molar-refractivity contribution in [2.75, 3.05) is 90.4 Å². The van der Waals surface area contributed by atoms with Crippen molar-refractivity contribution in [3.63, 3.8) is 0 Å². The molecule has 0 aliphatic carbocycles. The molecule has 0 bridgehead atoms. The van der Waals surface area contributed by atoms with Gasteiger partial charge in [-0.15, -0.1) is 11.8 Å². The van der Waals surface area contributed by atoms with Crippen LogP contribution in [0.25, 0.3) is 83.9 Å². The van der Waals surface area contributed by atoms with E-state index in [9.17, 15) is 70.5 Å². The van der Waals surface area contributed by atoms with Gasteiger partial charge in [0.1, 0.15) is 51.3 Å². The van der Waals surface area contributed by atoms with E-state index in [-0.39, 0.29) is 141 Å². The van der Waals surface area contributed by atoms with Crippen LogP contribution in [-0.2, 0) is 29.0 Å².